The van der Waals surface area contributed by atoms with E-state index >= 15 is 0 Å². The summed E-state index contributed by atoms with van der Waals surface area (Å²) in [7, 11) is 0. The second kappa shape index (κ2) is 10.2. The van der Waals surface area contributed by atoms with E-state index < -0.39 is 0 Å². The lowest BCUT2D eigenvalue weighted by molar-refractivity contribution is -0.143. The molecule has 0 bridgehead atoms. The number of oxime groups is 1. The van der Waals surface area contributed by atoms with Gasteiger partial charge in [-0.2, -0.15) is 0 Å². The van der Waals surface area contributed by atoms with Gasteiger partial charge >= 0.3 is 5.97 Å². The Morgan fingerprint density at radius 1 is 1.36 bits per heavy atom. The van der Waals surface area contributed by atoms with Crippen molar-refractivity contribution < 1.29 is 14.7 Å². The van der Waals surface area contributed by atoms with Crippen LogP contribution in [0.1, 0.15) is 45.4 Å². The number of nitrogens with zero attached hydrogens (tertiary/aromatic N) is 1. The molecule has 0 unspecified atom stereocenters. The fourth-order valence-electron chi connectivity index (χ4n) is 0.951. The van der Waals surface area contributed by atoms with Crippen molar-refractivity contribution in [1.29, 1.82) is 0 Å². The third-order valence-electron chi connectivity index (χ3n) is 1.70. The summed E-state index contributed by atoms with van der Waals surface area (Å²) < 4.78 is 0. The van der Waals surface area contributed by atoms with E-state index in [2.05, 4.69) is 9.99 Å². The summed E-state index contributed by atoms with van der Waals surface area (Å²) in [6, 6.07) is 0. The van der Waals surface area contributed by atoms with Gasteiger partial charge < -0.3 is 9.94 Å². The van der Waals surface area contributed by atoms with Crippen molar-refractivity contribution in [3.05, 3.63) is 0 Å². The summed E-state index contributed by atoms with van der Waals surface area (Å²) in [6.45, 7) is 2.15. The summed E-state index contributed by atoms with van der Waals surface area (Å²) >= 11 is 0. The molecule has 82 valence electrons. The zero-order valence-electron chi connectivity index (χ0n) is 8.74. The Labute approximate surface area is 84.9 Å². The van der Waals surface area contributed by atoms with E-state index in [9.17, 15) is 4.79 Å². The number of carbonyl (C=O) groups is 1. The molecule has 0 heterocycles. The van der Waals surface area contributed by atoms with Gasteiger partial charge in [0.1, 0.15) is 0 Å². The van der Waals surface area contributed by atoms with Gasteiger partial charge in [0.2, 0.25) is 0 Å². The predicted octanol–water partition coefficient (Wildman–Crippen LogP) is 1.87. The molecule has 0 atom stereocenters. The van der Waals surface area contributed by atoms with E-state index in [4.69, 9.17) is 5.11 Å². The van der Waals surface area contributed by atoms with Crippen LogP contribution in [-0.2, 0) is 9.63 Å². The van der Waals surface area contributed by atoms with Gasteiger partial charge in [-0.25, -0.2) is 4.79 Å². The zero-order valence-corrected chi connectivity index (χ0v) is 8.74. The van der Waals surface area contributed by atoms with Crippen molar-refractivity contribution >= 4 is 12.2 Å². The molecule has 0 amide bonds. The topological polar surface area (TPSA) is 58.9 Å². The van der Waals surface area contributed by atoms with E-state index in [-0.39, 0.29) is 12.6 Å². The Morgan fingerprint density at radius 3 is 2.71 bits per heavy atom. The maximum Gasteiger partial charge on any atom is 0.334 e. The molecule has 0 saturated heterocycles. The summed E-state index contributed by atoms with van der Waals surface area (Å²) in [6.07, 6.45) is 6.26. The number of aliphatic hydroxyl groups excluding tert-OH is 1. The molecule has 0 rings (SSSR count). The summed E-state index contributed by atoms with van der Waals surface area (Å²) in [5.74, 6) is -0.279. The Hall–Kier alpha value is -0.900. The smallest absolute Gasteiger partial charge is 0.334 e. The lowest BCUT2D eigenvalue weighted by atomic mass is 10.1. The van der Waals surface area contributed by atoms with Crippen LogP contribution >= 0.6 is 0 Å². The molecule has 4 heteroatoms. The third kappa shape index (κ3) is 9.19. The second-order valence-corrected chi connectivity index (χ2v) is 3.05. The second-order valence-electron chi connectivity index (χ2n) is 3.05. The Bertz CT molecular complexity index is 169. The van der Waals surface area contributed by atoms with Gasteiger partial charge in [0, 0.05) is 19.2 Å². The maximum absolute atomic E-state index is 11.0. The van der Waals surface area contributed by atoms with Crippen molar-refractivity contribution in [3.8, 4) is 0 Å². The van der Waals surface area contributed by atoms with E-state index in [0.29, 0.717) is 6.42 Å². The average Bonchev–Trinajstić information content (AvgIpc) is 2.18. The normalized spacial score (nSPS) is 10.7. The molecule has 0 fully saturated rings. The lowest BCUT2D eigenvalue weighted by Crippen LogP contribution is -1.99. The van der Waals surface area contributed by atoms with Crippen molar-refractivity contribution in [2.45, 2.75) is 45.4 Å². The minimum atomic E-state index is -0.279. The van der Waals surface area contributed by atoms with E-state index in [1.165, 1.54) is 0 Å². The number of hydrogen-bond acceptors (Lipinski definition) is 4. The molecule has 0 aliphatic rings. The van der Waals surface area contributed by atoms with E-state index in [1.54, 1.807) is 6.21 Å². The molecule has 0 aliphatic carbocycles. The van der Waals surface area contributed by atoms with Crippen molar-refractivity contribution in [2.24, 2.45) is 5.16 Å². The van der Waals surface area contributed by atoms with Crippen molar-refractivity contribution in [2.75, 3.05) is 6.61 Å². The first-order valence-corrected chi connectivity index (χ1v) is 5.13. The van der Waals surface area contributed by atoms with Gasteiger partial charge in [0.15, 0.2) is 0 Å². The number of unbranched alkanes of at least 4 members (excludes halogenated alkanes) is 3. The molecule has 0 aliphatic heterocycles. The van der Waals surface area contributed by atoms with Crippen LogP contribution in [0.3, 0.4) is 0 Å². The summed E-state index contributed by atoms with van der Waals surface area (Å²) in [4.78, 5) is 15.5. The minimum absolute atomic E-state index is 0.227. The predicted molar refractivity (Wildman–Crippen MR) is 55.0 cm³/mol. The van der Waals surface area contributed by atoms with Gasteiger partial charge in [0.05, 0.1) is 0 Å². The first-order chi connectivity index (χ1) is 6.81. The largest absolute Gasteiger partial charge is 0.396 e. The Kier molecular flexibility index (Phi) is 9.53. The summed E-state index contributed by atoms with van der Waals surface area (Å²) in [5, 5.41) is 12.0. The van der Waals surface area contributed by atoms with Crippen LogP contribution in [0.15, 0.2) is 5.16 Å². The van der Waals surface area contributed by atoms with Crippen molar-refractivity contribution in [1.82, 2.24) is 0 Å². The zero-order chi connectivity index (χ0) is 10.6. The van der Waals surface area contributed by atoms with Gasteiger partial charge in [0.25, 0.3) is 0 Å². The minimum Gasteiger partial charge on any atom is -0.396 e. The molecule has 0 aromatic rings. The first-order valence-electron chi connectivity index (χ1n) is 5.13. The highest BCUT2D eigenvalue weighted by Gasteiger charge is 2.00. The van der Waals surface area contributed by atoms with E-state index in [0.717, 1.165) is 32.1 Å². The molecule has 0 aromatic carbocycles. The van der Waals surface area contributed by atoms with Crippen LogP contribution in [0.2, 0.25) is 0 Å². The lowest BCUT2D eigenvalue weighted by Gasteiger charge is -1.98. The number of hydrogen-bond donors (Lipinski definition) is 1. The molecule has 0 radical (unpaired) electrons. The third-order valence-corrected chi connectivity index (χ3v) is 1.70. The average molecular weight is 201 g/mol. The van der Waals surface area contributed by atoms with Crippen LogP contribution in [0.4, 0.5) is 0 Å². The Morgan fingerprint density at radius 2 is 2.07 bits per heavy atom. The Balaban J connectivity index is 3.22. The number of rotatable bonds is 8. The summed E-state index contributed by atoms with van der Waals surface area (Å²) in [5.41, 5.74) is 0. The number of aliphatic hydroxyl groups is 1. The number of carbonyl (C=O) groups excluding carboxylic acids is 1. The van der Waals surface area contributed by atoms with Crippen LogP contribution in [0, 0.1) is 0 Å². The highest BCUT2D eigenvalue weighted by Crippen LogP contribution is 2.03. The molecule has 0 saturated carbocycles. The maximum atomic E-state index is 11.0. The van der Waals surface area contributed by atoms with Crippen LogP contribution < -0.4 is 0 Å². The molecular weight excluding hydrogens is 182 g/mol. The quantitative estimate of drug-likeness (QED) is 0.282. The molecule has 4 nitrogen and oxygen atoms in total. The van der Waals surface area contributed by atoms with Crippen LogP contribution in [0.5, 0.6) is 0 Å². The SMILES string of the molecule is CCC=NOC(=O)CCCCCCO. The highest BCUT2D eigenvalue weighted by molar-refractivity contribution is 5.70. The molecule has 0 spiro atoms. The standard InChI is InChI=1S/C10H19NO3/c1-2-8-11-14-10(13)7-5-3-4-6-9-12/h8,12H,2-7,9H2,1H3. The van der Waals surface area contributed by atoms with Crippen molar-refractivity contribution in [3.63, 3.8) is 0 Å². The molecule has 14 heavy (non-hydrogen) atoms. The fourth-order valence-corrected chi connectivity index (χ4v) is 0.951. The fraction of sp³-hybridized carbons (Fsp3) is 0.800. The first kappa shape index (κ1) is 13.1. The van der Waals surface area contributed by atoms with Gasteiger partial charge in [-0.1, -0.05) is 24.9 Å². The van der Waals surface area contributed by atoms with E-state index in [1.807, 2.05) is 6.92 Å². The monoisotopic (exact) mass is 201 g/mol. The highest BCUT2D eigenvalue weighted by atomic mass is 16.7. The van der Waals surface area contributed by atoms with Gasteiger partial charge in [-0.05, 0) is 19.3 Å². The van der Waals surface area contributed by atoms with Crippen LogP contribution in [-0.4, -0.2) is 23.9 Å². The molecular formula is C10H19NO3. The van der Waals surface area contributed by atoms with Gasteiger partial charge in [-0.15, -0.1) is 0 Å². The van der Waals surface area contributed by atoms with Crippen LogP contribution in [0.25, 0.3) is 0 Å². The molecule has 1 N–H and O–H groups in total. The van der Waals surface area contributed by atoms with Gasteiger partial charge in [-0.3, -0.25) is 0 Å². The molecule has 0 aromatic heterocycles.